The maximum absolute atomic E-state index is 7.97. The molecule has 0 saturated heterocycles. The molecule has 1 aliphatic carbocycles. The Morgan fingerprint density at radius 2 is 1.94 bits per heavy atom. The molecule has 0 saturated carbocycles. The summed E-state index contributed by atoms with van der Waals surface area (Å²) in [5.74, 6) is 0. The van der Waals surface area contributed by atoms with Crippen molar-refractivity contribution in [3.05, 3.63) is 71.5 Å². The molecule has 0 aliphatic heterocycles. The van der Waals surface area contributed by atoms with E-state index in [2.05, 4.69) is 12.2 Å². The van der Waals surface area contributed by atoms with Gasteiger partial charge < -0.3 is 11.1 Å². The second-order valence-electron chi connectivity index (χ2n) is 4.02. The third-order valence-electron chi connectivity index (χ3n) is 2.71. The highest BCUT2D eigenvalue weighted by atomic mass is 14.6. The van der Waals surface area contributed by atoms with Gasteiger partial charge in [0, 0.05) is 5.70 Å². The molecule has 0 spiro atoms. The number of benzene rings is 1. The zero-order chi connectivity index (χ0) is 12.1. The first-order chi connectivity index (χ1) is 8.27. The van der Waals surface area contributed by atoms with Gasteiger partial charge in [0.1, 0.15) is 0 Å². The Morgan fingerprint density at radius 1 is 1.18 bits per heavy atom. The van der Waals surface area contributed by atoms with Crippen molar-refractivity contribution in [2.45, 2.75) is 12.8 Å². The van der Waals surface area contributed by atoms with Crippen LogP contribution in [0.2, 0.25) is 0 Å². The van der Waals surface area contributed by atoms with E-state index in [0.717, 1.165) is 24.0 Å². The van der Waals surface area contributed by atoms with Gasteiger partial charge in [0.25, 0.3) is 0 Å². The van der Waals surface area contributed by atoms with Crippen LogP contribution < -0.4 is 5.73 Å². The van der Waals surface area contributed by atoms with Crippen LogP contribution in [-0.2, 0) is 0 Å². The van der Waals surface area contributed by atoms with E-state index in [1.807, 2.05) is 36.4 Å². The highest BCUT2D eigenvalue weighted by Gasteiger charge is 2.03. The molecule has 0 fully saturated rings. The van der Waals surface area contributed by atoms with Gasteiger partial charge in [-0.3, -0.25) is 0 Å². The Labute approximate surface area is 102 Å². The number of nitrogens with two attached hydrogens (primary N) is 1. The molecule has 0 radical (unpaired) electrons. The molecule has 2 nitrogen and oxygen atoms in total. The van der Waals surface area contributed by atoms with Gasteiger partial charge in [-0.05, 0) is 30.1 Å². The Morgan fingerprint density at radius 3 is 2.59 bits per heavy atom. The number of allylic oxidation sites excluding steroid dienone is 4. The molecule has 2 rings (SSSR count). The monoisotopic (exact) mass is 224 g/mol. The van der Waals surface area contributed by atoms with Gasteiger partial charge in [0.2, 0.25) is 0 Å². The lowest BCUT2D eigenvalue weighted by Gasteiger charge is -2.07. The van der Waals surface area contributed by atoms with Crippen LogP contribution in [0.4, 0.5) is 0 Å². The average Bonchev–Trinajstić information content (AvgIpc) is 2.40. The van der Waals surface area contributed by atoms with E-state index in [1.54, 1.807) is 6.08 Å². The van der Waals surface area contributed by atoms with Gasteiger partial charge in [0.15, 0.2) is 0 Å². The smallest absolute Gasteiger partial charge is 0.0632 e. The number of nitrogens with one attached hydrogen (secondary N) is 1. The van der Waals surface area contributed by atoms with E-state index in [-0.39, 0.29) is 0 Å². The Kier molecular flexibility index (Phi) is 3.55. The van der Waals surface area contributed by atoms with E-state index in [9.17, 15) is 0 Å². The van der Waals surface area contributed by atoms with Crippen molar-refractivity contribution in [1.29, 1.82) is 5.41 Å². The van der Waals surface area contributed by atoms with Crippen molar-refractivity contribution in [2.75, 3.05) is 0 Å². The fraction of sp³-hybridized carbons (Fsp3) is 0.133. The van der Waals surface area contributed by atoms with Crippen LogP contribution in [0.3, 0.4) is 0 Å². The molecule has 0 atom stereocenters. The van der Waals surface area contributed by atoms with Gasteiger partial charge in [-0.15, -0.1) is 0 Å². The van der Waals surface area contributed by atoms with Crippen LogP contribution in [0.5, 0.6) is 0 Å². The minimum atomic E-state index is 0.447. The molecule has 86 valence electrons. The van der Waals surface area contributed by atoms with Crippen LogP contribution in [0.25, 0.3) is 0 Å². The van der Waals surface area contributed by atoms with E-state index >= 15 is 0 Å². The van der Waals surface area contributed by atoms with Gasteiger partial charge >= 0.3 is 0 Å². The zero-order valence-electron chi connectivity index (χ0n) is 9.69. The van der Waals surface area contributed by atoms with Crippen molar-refractivity contribution < 1.29 is 0 Å². The molecule has 0 bridgehead atoms. The summed E-state index contributed by atoms with van der Waals surface area (Å²) >= 11 is 0. The van der Waals surface area contributed by atoms with E-state index in [0.29, 0.717) is 11.4 Å². The summed E-state index contributed by atoms with van der Waals surface area (Å²) in [4.78, 5) is 0. The van der Waals surface area contributed by atoms with Crippen LogP contribution >= 0.6 is 0 Å². The normalized spacial score (nSPS) is 15.5. The van der Waals surface area contributed by atoms with Crippen LogP contribution in [0, 0.1) is 5.41 Å². The number of hydrogen-bond acceptors (Lipinski definition) is 2. The molecule has 2 heteroatoms. The Balaban J connectivity index is 2.17. The zero-order valence-corrected chi connectivity index (χ0v) is 9.69. The summed E-state index contributed by atoms with van der Waals surface area (Å²) in [5.41, 5.74) is 9.01. The first kappa shape index (κ1) is 11.4. The maximum Gasteiger partial charge on any atom is 0.0632 e. The van der Waals surface area contributed by atoms with Crippen molar-refractivity contribution in [1.82, 2.24) is 0 Å². The third kappa shape index (κ3) is 2.94. The molecule has 17 heavy (non-hydrogen) atoms. The SMILES string of the molecule is N=C(/C=C(\N)C1=CCCC=C1)c1ccccc1. The molecule has 0 amide bonds. The first-order valence-corrected chi connectivity index (χ1v) is 5.75. The van der Waals surface area contributed by atoms with Crippen molar-refractivity contribution >= 4 is 5.71 Å². The fourth-order valence-electron chi connectivity index (χ4n) is 1.77. The summed E-state index contributed by atoms with van der Waals surface area (Å²) in [5, 5.41) is 7.97. The summed E-state index contributed by atoms with van der Waals surface area (Å²) in [7, 11) is 0. The predicted octanol–water partition coefficient (Wildman–Crippen LogP) is 3.17. The summed E-state index contributed by atoms with van der Waals surface area (Å²) in [6.45, 7) is 0. The fourth-order valence-corrected chi connectivity index (χ4v) is 1.77. The molecule has 0 heterocycles. The molecule has 1 aliphatic rings. The second-order valence-corrected chi connectivity index (χ2v) is 4.02. The van der Waals surface area contributed by atoms with E-state index in [4.69, 9.17) is 11.1 Å². The highest BCUT2D eigenvalue weighted by Crippen LogP contribution is 2.15. The molecule has 0 aromatic heterocycles. The predicted molar refractivity (Wildman–Crippen MR) is 72.0 cm³/mol. The minimum absolute atomic E-state index is 0.447. The Bertz CT molecular complexity index is 493. The quantitative estimate of drug-likeness (QED) is 0.761. The molecule has 3 N–H and O–H groups in total. The molecular weight excluding hydrogens is 208 g/mol. The van der Waals surface area contributed by atoms with Gasteiger partial charge in [0.05, 0.1) is 5.71 Å². The van der Waals surface area contributed by atoms with Crippen molar-refractivity contribution in [3.63, 3.8) is 0 Å². The van der Waals surface area contributed by atoms with Crippen LogP contribution in [0.1, 0.15) is 18.4 Å². The standard InChI is InChI=1S/C15H16N2/c16-14(12-7-3-1-4-8-12)11-15(17)13-9-5-2-6-10-13/h1,3-5,7-11,16H,2,6,17H2/b15-11-,16-14?. The lowest BCUT2D eigenvalue weighted by atomic mass is 10.0. The Hall–Kier alpha value is -2.09. The van der Waals surface area contributed by atoms with Crippen LogP contribution in [-0.4, -0.2) is 5.71 Å². The molecule has 0 unspecified atom stereocenters. The minimum Gasteiger partial charge on any atom is -0.398 e. The van der Waals surface area contributed by atoms with E-state index < -0.39 is 0 Å². The lowest BCUT2D eigenvalue weighted by Crippen LogP contribution is -2.05. The lowest BCUT2D eigenvalue weighted by molar-refractivity contribution is 1.02. The largest absolute Gasteiger partial charge is 0.398 e. The number of hydrogen-bond donors (Lipinski definition) is 2. The molecular formula is C15H16N2. The van der Waals surface area contributed by atoms with Gasteiger partial charge in [-0.25, -0.2) is 0 Å². The third-order valence-corrected chi connectivity index (χ3v) is 2.71. The summed E-state index contributed by atoms with van der Waals surface area (Å²) in [6.07, 6.45) is 10.1. The topological polar surface area (TPSA) is 49.9 Å². The highest BCUT2D eigenvalue weighted by molar-refractivity contribution is 6.07. The first-order valence-electron chi connectivity index (χ1n) is 5.75. The average molecular weight is 224 g/mol. The second kappa shape index (κ2) is 5.30. The van der Waals surface area contributed by atoms with Gasteiger partial charge in [-0.1, -0.05) is 48.6 Å². The molecule has 1 aromatic rings. The van der Waals surface area contributed by atoms with Crippen molar-refractivity contribution in [2.24, 2.45) is 5.73 Å². The summed E-state index contributed by atoms with van der Waals surface area (Å²) < 4.78 is 0. The summed E-state index contributed by atoms with van der Waals surface area (Å²) in [6, 6.07) is 9.62. The van der Waals surface area contributed by atoms with Gasteiger partial charge in [-0.2, -0.15) is 0 Å². The van der Waals surface area contributed by atoms with Crippen LogP contribution in [0.15, 0.2) is 65.9 Å². The molecule has 1 aromatic carbocycles. The van der Waals surface area contributed by atoms with Crippen molar-refractivity contribution in [3.8, 4) is 0 Å². The van der Waals surface area contributed by atoms with E-state index in [1.165, 1.54) is 0 Å². The number of rotatable bonds is 3. The maximum atomic E-state index is 7.97.